The maximum atomic E-state index is 5.24. The fourth-order valence-corrected chi connectivity index (χ4v) is 2.45. The smallest absolute Gasteiger partial charge is 0.119 e. The lowest BCUT2D eigenvalue weighted by Gasteiger charge is -2.09. The molecule has 0 atom stereocenters. The van der Waals surface area contributed by atoms with Crippen molar-refractivity contribution in [2.75, 3.05) is 13.7 Å². The first-order chi connectivity index (χ1) is 9.27. The van der Waals surface area contributed by atoms with Crippen molar-refractivity contribution in [1.82, 2.24) is 5.32 Å². The van der Waals surface area contributed by atoms with Crippen LogP contribution in [0.2, 0.25) is 0 Å². The van der Waals surface area contributed by atoms with E-state index in [1.54, 1.807) is 7.11 Å². The number of unbranched alkanes of at least 4 members (excludes halogenated alkanes) is 5. The van der Waals surface area contributed by atoms with Gasteiger partial charge in [-0.25, -0.2) is 0 Å². The lowest BCUT2D eigenvalue weighted by molar-refractivity contribution is 0.414. The molecule has 0 aliphatic heterocycles. The van der Waals surface area contributed by atoms with E-state index in [0.717, 1.165) is 23.3 Å². The zero-order chi connectivity index (χ0) is 13.9. The number of methoxy groups -OCH3 is 1. The van der Waals surface area contributed by atoms with Crippen molar-refractivity contribution in [3.05, 3.63) is 28.2 Å². The van der Waals surface area contributed by atoms with Gasteiger partial charge in [-0.1, -0.05) is 55.0 Å². The van der Waals surface area contributed by atoms with Gasteiger partial charge in [0.15, 0.2) is 0 Å². The van der Waals surface area contributed by atoms with Crippen LogP contribution in [0.25, 0.3) is 0 Å². The third-order valence-corrected chi connectivity index (χ3v) is 4.05. The molecule has 19 heavy (non-hydrogen) atoms. The van der Waals surface area contributed by atoms with E-state index in [2.05, 4.69) is 34.2 Å². The lowest BCUT2D eigenvalue weighted by atomic mass is 10.1. The van der Waals surface area contributed by atoms with Crippen LogP contribution in [0.15, 0.2) is 22.7 Å². The molecule has 108 valence electrons. The van der Waals surface area contributed by atoms with E-state index in [0.29, 0.717) is 0 Å². The third kappa shape index (κ3) is 6.98. The van der Waals surface area contributed by atoms with Gasteiger partial charge in [0.25, 0.3) is 0 Å². The summed E-state index contributed by atoms with van der Waals surface area (Å²) in [6, 6.07) is 6.10. The van der Waals surface area contributed by atoms with E-state index in [4.69, 9.17) is 4.74 Å². The lowest BCUT2D eigenvalue weighted by Crippen LogP contribution is -2.15. The van der Waals surface area contributed by atoms with Gasteiger partial charge in [0.05, 0.1) is 7.11 Å². The molecule has 0 heterocycles. The summed E-state index contributed by atoms with van der Waals surface area (Å²) in [5, 5.41) is 3.50. The largest absolute Gasteiger partial charge is 0.497 e. The van der Waals surface area contributed by atoms with Crippen molar-refractivity contribution in [2.45, 2.75) is 52.0 Å². The summed E-state index contributed by atoms with van der Waals surface area (Å²) < 4.78 is 6.39. The zero-order valence-corrected chi connectivity index (χ0v) is 13.8. The number of rotatable bonds is 10. The van der Waals surface area contributed by atoms with Crippen LogP contribution < -0.4 is 10.1 Å². The number of hydrogen-bond acceptors (Lipinski definition) is 2. The van der Waals surface area contributed by atoms with E-state index in [9.17, 15) is 0 Å². The topological polar surface area (TPSA) is 21.3 Å². The maximum absolute atomic E-state index is 5.24. The van der Waals surface area contributed by atoms with Gasteiger partial charge in [-0.05, 0) is 36.7 Å². The zero-order valence-electron chi connectivity index (χ0n) is 12.2. The second-order valence-electron chi connectivity index (χ2n) is 4.90. The molecule has 0 amide bonds. The Balaban J connectivity index is 2.15. The van der Waals surface area contributed by atoms with E-state index in [-0.39, 0.29) is 0 Å². The van der Waals surface area contributed by atoms with Crippen molar-refractivity contribution in [3.8, 4) is 5.75 Å². The molecule has 2 nitrogen and oxygen atoms in total. The first-order valence-electron chi connectivity index (χ1n) is 7.31. The molecular formula is C16H26BrNO. The minimum Gasteiger partial charge on any atom is -0.497 e. The molecule has 0 spiro atoms. The highest BCUT2D eigenvalue weighted by Gasteiger charge is 2.01. The number of ether oxygens (including phenoxy) is 1. The molecule has 0 fully saturated rings. The fraction of sp³-hybridized carbons (Fsp3) is 0.625. The Hall–Kier alpha value is -0.540. The molecule has 1 aromatic carbocycles. The van der Waals surface area contributed by atoms with Gasteiger partial charge in [-0.3, -0.25) is 0 Å². The van der Waals surface area contributed by atoms with Crippen LogP contribution in [0.1, 0.15) is 51.0 Å². The summed E-state index contributed by atoms with van der Waals surface area (Å²) >= 11 is 3.58. The van der Waals surface area contributed by atoms with Crippen LogP contribution in [0, 0.1) is 0 Å². The average molecular weight is 328 g/mol. The molecule has 0 bridgehead atoms. The van der Waals surface area contributed by atoms with Crippen LogP contribution in [0.3, 0.4) is 0 Å². The maximum Gasteiger partial charge on any atom is 0.119 e. The second-order valence-corrected chi connectivity index (χ2v) is 5.76. The molecule has 0 aliphatic rings. The standard InChI is InChI=1S/C16H26BrNO/c1-3-4-5-6-7-8-11-18-13-14-12-15(19-2)9-10-16(14)17/h9-10,12,18H,3-8,11,13H2,1-2H3. The Kier molecular flexibility index (Phi) is 8.93. The highest BCUT2D eigenvalue weighted by atomic mass is 79.9. The predicted molar refractivity (Wildman–Crippen MR) is 85.8 cm³/mol. The monoisotopic (exact) mass is 327 g/mol. The van der Waals surface area contributed by atoms with Gasteiger partial charge in [-0.15, -0.1) is 0 Å². The van der Waals surface area contributed by atoms with Gasteiger partial charge < -0.3 is 10.1 Å². The number of benzene rings is 1. The van der Waals surface area contributed by atoms with Crippen LogP contribution in [-0.4, -0.2) is 13.7 Å². The Morgan fingerprint density at radius 2 is 1.84 bits per heavy atom. The van der Waals surface area contributed by atoms with Gasteiger partial charge >= 0.3 is 0 Å². The quantitative estimate of drug-likeness (QED) is 0.616. The van der Waals surface area contributed by atoms with E-state index in [1.165, 1.54) is 44.1 Å². The fourth-order valence-electron chi connectivity index (χ4n) is 2.07. The van der Waals surface area contributed by atoms with Crippen molar-refractivity contribution < 1.29 is 4.74 Å². The Labute approximate surface area is 126 Å². The SMILES string of the molecule is CCCCCCCCNCc1cc(OC)ccc1Br. The normalized spacial score (nSPS) is 10.7. The molecule has 1 N–H and O–H groups in total. The third-order valence-electron chi connectivity index (χ3n) is 3.28. The first-order valence-corrected chi connectivity index (χ1v) is 8.10. The van der Waals surface area contributed by atoms with Gasteiger partial charge in [0.1, 0.15) is 5.75 Å². The molecule has 0 aliphatic carbocycles. The van der Waals surface area contributed by atoms with E-state index >= 15 is 0 Å². The van der Waals surface area contributed by atoms with Crippen LogP contribution in [-0.2, 0) is 6.54 Å². The molecule has 0 radical (unpaired) electrons. The van der Waals surface area contributed by atoms with E-state index < -0.39 is 0 Å². The second kappa shape index (κ2) is 10.3. The molecule has 0 saturated carbocycles. The molecular weight excluding hydrogens is 302 g/mol. The summed E-state index contributed by atoms with van der Waals surface area (Å²) in [5.74, 6) is 0.916. The Bertz CT molecular complexity index is 355. The summed E-state index contributed by atoms with van der Waals surface area (Å²) in [4.78, 5) is 0. The molecule has 1 aromatic rings. The number of hydrogen-bond donors (Lipinski definition) is 1. The highest BCUT2D eigenvalue weighted by molar-refractivity contribution is 9.10. The van der Waals surface area contributed by atoms with Crippen LogP contribution in [0.4, 0.5) is 0 Å². The minimum absolute atomic E-state index is 0.896. The first kappa shape index (κ1) is 16.5. The van der Waals surface area contributed by atoms with Crippen molar-refractivity contribution in [1.29, 1.82) is 0 Å². The Morgan fingerprint density at radius 3 is 2.58 bits per heavy atom. The van der Waals surface area contributed by atoms with Crippen LogP contribution >= 0.6 is 15.9 Å². The molecule has 1 rings (SSSR count). The molecule has 3 heteroatoms. The summed E-state index contributed by atoms with van der Waals surface area (Å²) in [7, 11) is 1.71. The summed E-state index contributed by atoms with van der Waals surface area (Å²) in [6.45, 7) is 4.25. The van der Waals surface area contributed by atoms with Crippen molar-refractivity contribution in [3.63, 3.8) is 0 Å². The summed E-state index contributed by atoms with van der Waals surface area (Å²) in [6.07, 6.45) is 8.07. The number of nitrogens with one attached hydrogen (secondary N) is 1. The highest BCUT2D eigenvalue weighted by Crippen LogP contribution is 2.22. The predicted octanol–water partition coefficient (Wildman–Crippen LogP) is 4.91. The molecule has 0 saturated heterocycles. The Morgan fingerprint density at radius 1 is 1.11 bits per heavy atom. The van der Waals surface area contributed by atoms with Gasteiger partial charge in [0, 0.05) is 11.0 Å². The van der Waals surface area contributed by atoms with Crippen LogP contribution in [0.5, 0.6) is 5.75 Å². The van der Waals surface area contributed by atoms with Crippen molar-refractivity contribution >= 4 is 15.9 Å². The molecule has 0 unspecified atom stereocenters. The molecule has 0 aromatic heterocycles. The van der Waals surface area contributed by atoms with Gasteiger partial charge in [-0.2, -0.15) is 0 Å². The average Bonchev–Trinajstić information content (AvgIpc) is 2.43. The van der Waals surface area contributed by atoms with Gasteiger partial charge in [0.2, 0.25) is 0 Å². The number of halogens is 1. The van der Waals surface area contributed by atoms with Crippen molar-refractivity contribution in [2.24, 2.45) is 0 Å². The summed E-state index contributed by atoms with van der Waals surface area (Å²) in [5.41, 5.74) is 1.25. The minimum atomic E-state index is 0.896. The van der Waals surface area contributed by atoms with E-state index in [1.807, 2.05) is 12.1 Å².